The average Bonchev–Trinajstić information content (AvgIpc) is 2.90. The number of aromatic nitrogens is 2. The maximum absolute atomic E-state index is 12.8. The number of H-pyrrole nitrogens is 1. The minimum atomic E-state index is -0.857. The molecule has 11 heteroatoms. The Hall–Kier alpha value is -5.29. The quantitative estimate of drug-likeness (QED) is 0.250. The molecular weight excluding hydrogens is 514 g/mol. The number of benzene rings is 2. The molecule has 4 rings (SSSR count). The van der Waals surface area contributed by atoms with Crippen LogP contribution in [0.15, 0.2) is 99.6 Å². The fraction of sp³-hybridized carbons (Fsp3) is 0.138. The highest BCUT2D eigenvalue weighted by Crippen LogP contribution is 2.20. The predicted octanol–water partition coefficient (Wildman–Crippen LogP) is 1.90. The summed E-state index contributed by atoms with van der Waals surface area (Å²) >= 11 is 0. The van der Waals surface area contributed by atoms with Crippen molar-refractivity contribution in [3.05, 3.63) is 116 Å². The molecule has 2 heterocycles. The monoisotopic (exact) mass is 547 g/mol. The summed E-state index contributed by atoms with van der Waals surface area (Å²) in [5, 5.41) is 15.0. The molecule has 1 aliphatic rings. The average molecular weight is 548 g/mol. The number of carbonyl (C=O) groups is 3. The summed E-state index contributed by atoms with van der Waals surface area (Å²) < 4.78 is 0.850. The van der Waals surface area contributed by atoms with Crippen molar-refractivity contribution in [2.45, 2.75) is 21.8 Å². The third-order valence-electron chi connectivity index (χ3n) is 5.26. The Labute approximate surface area is 231 Å². The van der Waals surface area contributed by atoms with Crippen molar-refractivity contribution in [3.8, 4) is 11.6 Å². The molecule has 40 heavy (non-hydrogen) atoms. The molecular formula is C29H33N5O6. The first-order chi connectivity index (χ1) is 18.3. The number of imide groups is 2. The predicted molar refractivity (Wildman–Crippen MR) is 153 cm³/mol. The van der Waals surface area contributed by atoms with E-state index in [0.717, 1.165) is 9.47 Å². The van der Waals surface area contributed by atoms with Gasteiger partial charge in [-0.1, -0.05) is 69.0 Å². The van der Waals surface area contributed by atoms with Crippen LogP contribution in [0.4, 0.5) is 10.5 Å². The molecule has 1 saturated heterocycles. The van der Waals surface area contributed by atoms with E-state index in [-0.39, 0.29) is 26.0 Å². The van der Waals surface area contributed by atoms with Gasteiger partial charge < -0.3 is 10.8 Å². The summed E-state index contributed by atoms with van der Waals surface area (Å²) in [7, 11) is 1.75. The van der Waals surface area contributed by atoms with E-state index in [4.69, 9.17) is 0 Å². The number of anilines is 1. The number of rotatable bonds is 5. The molecule has 5 N–H and O–H groups in total. The molecule has 0 radical (unpaired) electrons. The number of amides is 4. The zero-order valence-electron chi connectivity index (χ0n) is 20.6. The molecule has 210 valence electrons. The van der Waals surface area contributed by atoms with E-state index in [0.29, 0.717) is 16.9 Å². The summed E-state index contributed by atoms with van der Waals surface area (Å²) in [6.45, 7) is 1.62. The second-order valence-electron chi connectivity index (χ2n) is 7.71. The number of urea groups is 1. The standard InChI is InChI=1S/C26H20N4O6.CH5N.2CH4/c1-16(12-14-19-21(31)27-25(35)29(23(19)33)17-8-4-2-5-9-17)13-15-20-22(32)28-26(36)30(24(20)34)18-10-6-3-7-11-18;1-2;;/h2-15,33H,1H3,(H,27,31,35)(H,28,32,36);2H2,1H3;2*1H4. The Bertz CT molecular complexity index is 1570. The fourth-order valence-corrected chi connectivity index (χ4v) is 3.46. The number of para-hydroxylation sites is 2. The smallest absolute Gasteiger partial charge is 0.335 e. The summed E-state index contributed by atoms with van der Waals surface area (Å²) in [4.78, 5) is 64.8. The van der Waals surface area contributed by atoms with Gasteiger partial charge in [0.2, 0.25) is 0 Å². The Balaban J connectivity index is 0.00000196. The van der Waals surface area contributed by atoms with Crippen LogP contribution in [0.1, 0.15) is 27.3 Å². The number of hydrogen-bond acceptors (Lipinski definition) is 6. The van der Waals surface area contributed by atoms with E-state index in [9.17, 15) is 29.1 Å². The number of quaternary nitrogens is 1. The first kappa shape index (κ1) is 32.7. The molecule has 0 saturated carbocycles. The molecule has 1 aromatic heterocycles. The largest absolute Gasteiger partial charge is 0.859 e. The summed E-state index contributed by atoms with van der Waals surface area (Å²) in [5.41, 5.74) is 2.08. The molecule has 0 bridgehead atoms. The van der Waals surface area contributed by atoms with E-state index in [1.54, 1.807) is 74.6 Å². The van der Waals surface area contributed by atoms with E-state index < -0.39 is 35.0 Å². The Morgan fingerprint density at radius 2 is 1.43 bits per heavy atom. The van der Waals surface area contributed by atoms with Gasteiger partial charge in [-0.25, -0.2) is 14.5 Å². The molecule has 0 unspecified atom stereocenters. The van der Waals surface area contributed by atoms with Crippen LogP contribution in [-0.4, -0.2) is 34.4 Å². The maximum atomic E-state index is 12.8. The summed E-state index contributed by atoms with van der Waals surface area (Å²) in [6, 6.07) is 15.4. The van der Waals surface area contributed by atoms with Gasteiger partial charge in [-0.2, -0.15) is 0 Å². The van der Waals surface area contributed by atoms with Crippen LogP contribution in [-0.2, 0) is 9.59 Å². The number of carbonyl (C=O) groups excluding carboxylic acids is 3. The minimum Gasteiger partial charge on any atom is -0.859 e. The van der Waals surface area contributed by atoms with Crippen molar-refractivity contribution in [1.29, 1.82) is 0 Å². The summed E-state index contributed by atoms with van der Waals surface area (Å²) in [6.07, 6.45) is 5.34. The lowest BCUT2D eigenvalue weighted by Gasteiger charge is -2.26. The van der Waals surface area contributed by atoms with Crippen molar-refractivity contribution in [3.63, 3.8) is 0 Å². The van der Waals surface area contributed by atoms with Gasteiger partial charge in [-0.15, -0.1) is 0 Å². The van der Waals surface area contributed by atoms with Crippen molar-refractivity contribution in [2.75, 3.05) is 11.9 Å². The molecule has 3 aromatic rings. The number of barbiturate groups is 1. The Kier molecular flexibility index (Phi) is 11.9. The lowest BCUT2D eigenvalue weighted by atomic mass is 10.1. The molecule has 1 fully saturated rings. The molecule has 1 aliphatic heterocycles. The van der Waals surface area contributed by atoms with Gasteiger partial charge >= 0.3 is 11.7 Å². The lowest BCUT2D eigenvalue weighted by molar-refractivity contribution is -0.325. The fourth-order valence-electron chi connectivity index (χ4n) is 3.46. The highest BCUT2D eigenvalue weighted by atomic mass is 16.3. The van der Waals surface area contributed by atoms with Crippen LogP contribution in [0.5, 0.6) is 5.88 Å². The van der Waals surface area contributed by atoms with Crippen LogP contribution in [0.3, 0.4) is 0 Å². The van der Waals surface area contributed by atoms with Gasteiger partial charge in [0.05, 0.1) is 12.7 Å². The van der Waals surface area contributed by atoms with Crippen molar-refractivity contribution >= 4 is 29.6 Å². The second-order valence-corrected chi connectivity index (χ2v) is 7.71. The number of allylic oxidation sites excluding steroid dienone is 4. The molecule has 0 spiro atoms. The molecule has 11 nitrogen and oxygen atoms in total. The van der Waals surface area contributed by atoms with Crippen LogP contribution in [0.2, 0.25) is 0 Å². The van der Waals surface area contributed by atoms with Gasteiger partial charge in [-0.3, -0.25) is 29.3 Å². The molecule has 0 aliphatic carbocycles. The third kappa shape index (κ3) is 6.97. The van der Waals surface area contributed by atoms with E-state index in [2.05, 4.69) is 16.0 Å². The SMILES string of the molecule is C.C.CC(C=Cc1c([O-])n(-c2ccccc2)c(=O)[nH]c1=O)=CC=C1C(=O)NC(=O)N(c2ccccc2)C1=O.C[NH3+]. The lowest BCUT2D eigenvalue weighted by Crippen LogP contribution is -2.54. The number of aromatic amines is 1. The normalized spacial score (nSPS) is 14.2. The summed E-state index contributed by atoms with van der Waals surface area (Å²) in [5.74, 6) is -2.44. The van der Waals surface area contributed by atoms with Crippen LogP contribution in [0, 0.1) is 0 Å². The molecule has 2 aromatic carbocycles. The van der Waals surface area contributed by atoms with Crippen molar-refractivity contribution < 1.29 is 25.2 Å². The van der Waals surface area contributed by atoms with Gasteiger partial charge in [0.25, 0.3) is 17.4 Å². The van der Waals surface area contributed by atoms with Gasteiger partial charge in [-0.05, 0) is 49.2 Å². The van der Waals surface area contributed by atoms with E-state index in [1.165, 1.54) is 24.3 Å². The van der Waals surface area contributed by atoms with Gasteiger partial charge in [0, 0.05) is 11.3 Å². The Morgan fingerprint density at radius 3 is 2.00 bits per heavy atom. The first-order valence-corrected chi connectivity index (χ1v) is 11.4. The van der Waals surface area contributed by atoms with E-state index >= 15 is 0 Å². The topological polar surface area (TPSA) is 172 Å². The first-order valence-electron chi connectivity index (χ1n) is 11.4. The highest BCUT2D eigenvalue weighted by molar-refractivity contribution is 6.37. The molecule has 0 atom stereocenters. The second kappa shape index (κ2) is 14.6. The van der Waals surface area contributed by atoms with Crippen molar-refractivity contribution in [2.24, 2.45) is 0 Å². The highest BCUT2D eigenvalue weighted by Gasteiger charge is 2.36. The van der Waals surface area contributed by atoms with Crippen LogP contribution >= 0.6 is 0 Å². The number of nitrogens with one attached hydrogen (secondary N) is 2. The number of hydrogen-bond donors (Lipinski definition) is 3. The van der Waals surface area contributed by atoms with Crippen LogP contribution in [0.25, 0.3) is 11.8 Å². The zero-order chi connectivity index (χ0) is 27.8. The van der Waals surface area contributed by atoms with Crippen LogP contribution < -0.4 is 32.3 Å². The molecule has 4 amide bonds. The van der Waals surface area contributed by atoms with Gasteiger partial charge in [0.1, 0.15) is 5.57 Å². The van der Waals surface area contributed by atoms with Gasteiger partial charge in [0.15, 0.2) is 0 Å². The third-order valence-corrected chi connectivity index (χ3v) is 5.26. The van der Waals surface area contributed by atoms with Crippen molar-refractivity contribution in [1.82, 2.24) is 14.9 Å². The maximum Gasteiger partial charge on any atom is 0.335 e. The number of nitrogens with zero attached hydrogens (tertiary/aromatic N) is 2. The zero-order valence-corrected chi connectivity index (χ0v) is 20.6. The minimum absolute atomic E-state index is 0. The van der Waals surface area contributed by atoms with E-state index in [1.807, 2.05) is 0 Å². The Morgan fingerprint density at radius 1 is 0.875 bits per heavy atom.